The predicted molar refractivity (Wildman–Crippen MR) is 80.7 cm³/mol. The molecule has 0 unspecified atom stereocenters. The first-order valence-electron chi connectivity index (χ1n) is 6.74. The number of carbonyl (C=O) groups excluding carboxylic acids is 1. The monoisotopic (exact) mass is 286 g/mol. The van der Waals surface area contributed by atoms with Gasteiger partial charge in [0.25, 0.3) is 0 Å². The van der Waals surface area contributed by atoms with E-state index in [0.29, 0.717) is 17.7 Å². The molecule has 0 spiro atoms. The molecule has 0 saturated heterocycles. The molecule has 0 aromatic heterocycles. The zero-order chi connectivity index (χ0) is 15.2. The van der Waals surface area contributed by atoms with Gasteiger partial charge in [0.1, 0.15) is 11.5 Å². The Bertz CT molecular complexity index is 617. The van der Waals surface area contributed by atoms with E-state index in [1.165, 1.54) is 0 Å². The molecule has 0 aliphatic heterocycles. The highest BCUT2D eigenvalue weighted by molar-refractivity contribution is 6.02. The molecule has 2 rings (SSSR count). The summed E-state index contributed by atoms with van der Waals surface area (Å²) in [6.45, 7) is 1.98. The molecular weight excluding hydrogens is 268 g/mol. The van der Waals surface area contributed by atoms with Gasteiger partial charge in [-0.15, -0.1) is 0 Å². The van der Waals surface area contributed by atoms with Crippen molar-refractivity contribution in [1.29, 1.82) is 0 Å². The van der Waals surface area contributed by atoms with Crippen molar-refractivity contribution < 1.29 is 19.4 Å². The van der Waals surface area contributed by atoms with Crippen LogP contribution in [0.15, 0.2) is 42.5 Å². The Kier molecular flexibility index (Phi) is 4.95. The number of methoxy groups -OCH3 is 1. The second-order valence-corrected chi connectivity index (χ2v) is 4.58. The van der Waals surface area contributed by atoms with E-state index in [0.717, 1.165) is 11.1 Å². The van der Waals surface area contributed by atoms with Crippen LogP contribution in [-0.2, 0) is 4.74 Å². The van der Waals surface area contributed by atoms with Crippen molar-refractivity contribution in [2.75, 3.05) is 13.9 Å². The van der Waals surface area contributed by atoms with Gasteiger partial charge < -0.3 is 14.6 Å². The van der Waals surface area contributed by atoms with E-state index in [1.807, 2.05) is 13.0 Å². The second-order valence-electron chi connectivity index (χ2n) is 4.58. The normalized spacial score (nSPS) is 10.4. The number of hydrogen-bond donors (Lipinski definition) is 1. The van der Waals surface area contributed by atoms with Crippen LogP contribution < -0.4 is 4.74 Å². The molecule has 0 radical (unpaired) electrons. The van der Waals surface area contributed by atoms with Crippen LogP contribution in [0.5, 0.6) is 11.5 Å². The summed E-state index contributed by atoms with van der Waals surface area (Å²) >= 11 is 0. The molecule has 4 nitrogen and oxygen atoms in total. The molecule has 0 fully saturated rings. The van der Waals surface area contributed by atoms with E-state index < -0.39 is 0 Å². The lowest BCUT2D eigenvalue weighted by Crippen LogP contribution is -2.03. The highest BCUT2D eigenvalue weighted by Gasteiger charge is 2.13. The first kappa shape index (κ1) is 15.1. The topological polar surface area (TPSA) is 55.8 Å². The third-order valence-electron chi connectivity index (χ3n) is 3.13. The Morgan fingerprint density at radius 2 is 1.86 bits per heavy atom. The van der Waals surface area contributed by atoms with Crippen LogP contribution in [0.3, 0.4) is 0 Å². The summed E-state index contributed by atoms with van der Waals surface area (Å²) in [6.07, 6.45) is 0.434. The van der Waals surface area contributed by atoms with Crippen LogP contribution in [0.1, 0.15) is 23.7 Å². The van der Waals surface area contributed by atoms with E-state index in [2.05, 4.69) is 0 Å². The van der Waals surface area contributed by atoms with Crippen LogP contribution in [0, 0.1) is 0 Å². The number of hydrogen-bond acceptors (Lipinski definition) is 4. The summed E-state index contributed by atoms with van der Waals surface area (Å²) in [4.78, 5) is 12.1. The van der Waals surface area contributed by atoms with E-state index >= 15 is 0 Å². The van der Waals surface area contributed by atoms with Crippen molar-refractivity contribution in [2.24, 2.45) is 0 Å². The Labute approximate surface area is 123 Å². The minimum Gasteiger partial charge on any atom is -0.508 e. The smallest absolute Gasteiger partial charge is 0.188 e. The molecule has 0 heterocycles. The predicted octanol–water partition coefficient (Wildman–Crippen LogP) is 3.63. The lowest BCUT2D eigenvalue weighted by Gasteiger charge is -2.12. The molecule has 0 atom stereocenters. The highest BCUT2D eigenvalue weighted by atomic mass is 16.7. The lowest BCUT2D eigenvalue weighted by molar-refractivity contribution is 0.0511. The van der Waals surface area contributed by atoms with Crippen LogP contribution in [0.25, 0.3) is 11.1 Å². The fourth-order valence-electron chi connectivity index (χ4n) is 2.05. The number of ether oxygens (including phenoxy) is 2. The van der Waals surface area contributed by atoms with Gasteiger partial charge in [-0.05, 0) is 41.5 Å². The number of benzene rings is 2. The Morgan fingerprint density at radius 3 is 2.48 bits per heavy atom. The van der Waals surface area contributed by atoms with Crippen LogP contribution in [0.2, 0.25) is 0 Å². The molecule has 0 saturated carbocycles. The van der Waals surface area contributed by atoms with E-state index in [9.17, 15) is 9.90 Å². The van der Waals surface area contributed by atoms with Gasteiger partial charge in [-0.2, -0.15) is 0 Å². The molecule has 2 aromatic carbocycles. The zero-order valence-electron chi connectivity index (χ0n) is 12.1. The van der Waals surface area contributed by atoms with Crippen LogP contribution in [0.4, 0.5) is 0 Å². The van der Waals surface area contributed by atoms with Crippen molar-refractivity contribution in [3.05, 3.63) is 48.0 Å². The van der Waals surface area contributed by atoms with Gasteiger partial charge in [0.2, 0.25) is 0 Å². The minimum absolute atomic E-state index is 0.0661. The summed E-state index contributed by atoms with van der Waals surface area (Å²) in [7, 11) is 1.55. The van der Waals surface area contributed by atoms with Crippen molar-refractivity contribution >= 4 is 5.78 Å². The molecule has 0 bridgehead atoms. The Hall–Kier alpha value is -2.33. The van der Waals surface area contributed by atoms with Gasteiger partial charge in [-0.1, -0.05) is 19.1 Å². The largest absolute Gasteiger partial charge is 0.508 e. The summed E-state index contributed by atoms with van der Waals surface area (Å²) in [5.74, 6) is 0.887. The number of rotatable bonds is 6. The number of aromatic hydroxyl groups is 1. The number of ketones is 1. The maximum absolute atomic E-state index is 12.1. The summed E-state index contributed by atoms with van der Waals surface area (Å²) < 4.78 is 10.3. The van der Waals surface area contributed by atoms with Gasteiger partial charge >= 0.3 is 0 Å². The number of phenols is 1. The van der Waals surface area contributed by atoms with Gasteiger partial charge in [0, 0.05) is 19.1 Å². The van der Waals surface area contributed by atoms with E-state index in [-0.39, 0.29) is 18.3 Å². The Morgan fingerprint density at radius 1 is 1.14 bits per heavy atom. The molecular formula is C17H18O4. The number of carbonyl (C=O) groups is 1. The zero-order valence-corrected chi connectivity index (χ0v) is 12.1. The maximum atomic E-state index is 12.1. The fraction of sp³-hybridized carbons (Fsp3) is 0.235. The SMILES string of the molecule is CCC(=O)c1ccc(OCOC)cc1-c1ccc(O)cc1. The Balaban J connectivity index is 2.47. The quantitative estimate of drug-likeness (QED) is 0.650. The van der Waals surface area contributed by atoms with E-state index in [1.54, 1.807) is 43.5 Å². The third kappa shape index (κ3) is 3.61. The standard InChI is InChI=1S/C17H18O4/c1-3-17(19)15-9-8-14(21-11-20-2)10-16(15)12-4-6-13(18)7-5-12/h4-10,18H,3,11H2,1-2H3. The first-order valence-corrected chi connectivity index (χ1v) is 6.74. The second kappa shape index (κ2) is 6.90. The van der Waals surface area contributed by atoms with Crippen molar-refractivity contribution in [1.82, 2.24) is 0 Å². The maximum Gasteiger partial charge on any atom is 0.188 e. The van der Waals surface area contributed by atoms with Crippen molar-refractivity contribution in [3.63, 3.8) is 0 Å². The van der Waals surface area contributed by atoms with Crippen molar-refractivity contribution in [3.8, 4) is 22.6 Å². The fourth-order valence-corrected chi connectivity index (χ4v) is 2.05. The molecule has 1 N–H and O–H groups in total. The van der Waals surface area contributed by atoms with Gasteiger partial charge in [-0.25, -0.2) is 0 Å². The summed E-state index contributed by atoms with van der Waals surface area (Å²) in [5, 5.41) is 9.39. The average Bonchev–Trinajstić information content (AvgIpc) is 2.52. The first-order chi connectivity index (χ1) is 10.2. The van der Waals surface area contributed by atoms with Gasteiger partial charge in [-0.3, -0.25) is 4.79 Å². The third-order valence-corrected chi connectivity index (χ3v) is 3.13. The molecule has 110 valence electrons. The van der Waals surface area contributed by atoms with E-state index in [4.69, 9.17) is 9.47 Å². The summed E-state index contributed by atoms with van der Waals surface area (Å²) in [5.41, 5.74) is 2.29. The van der Waals surface area contributed by atoms with Gasteiger partial charge in [0.05, 0.1) is 0 Å². The van der Waals surface area contributed by atoms with Gasteiger partial charge in [0.15, 0.2) is 12.6 Å². The molecule has 4 heteroatoms. The average molecular weight is 286 g/mol. The van der Waals surface area contributed by atoms with Crippen LogP contribution >= 0.6 is 0 Å². The molecule has 0 amide bonds. The van der Waals surface area contributed by atoms with Crippen LogP contribution in [-0.4, -0.2) is 24.8 Å². The number of phenolic OH excluding ortho intramolecular Hbond substituents is 1. The molecule has 21 heavy (non-hydrogen) atoms. The molecule has 0 aliphatic rings. The molecule has 0 aliphatic carbocycles. The summed E-state index contributed by atoms with van der Waals surface area (Å²) in [6, 6.07) is 12.1. The van der Waals surface area contributed by atoms with Crippen molar-refractivity contribution in [2.45, 2.75) is 13.3 Å². The lowest BCUT2D eigenvalue weighted by atomic mass is 9.95. The highest BCUT2D eigenvalue weighted by Crippen LogP contribution is 2.30. The molecule has 2 aromatic rings. The number of Topliss-reactive ketones (excluding diaryl/α,β-unsaturated/α-hetero) is 1. The minimum atomic E-state index is 0.0661.